The van der Waals surface area contributed by atoms with Gasteiger partial charge in [0.25, 0.3) is 5.91 Å². The fourth-order valence-electron chi connectivity index (χ4n) is 1.97. The quantitative estimate of drug-likeness (QED) is 0.799. The number of benzene rings is 1. The Morgan fingerprint density at radius 2 is 1.83 bits per heavy atom. The van der Waals surface area contributed by atoms with Gasteiger partial charge in [-0.3, -0.25) is 9.59 Å². The zero-order chi connectivity index (χ0) is 17.5. The van der Waals surface area contributed by atoms with Gasteiger partial charge in [0.15, 0.2) is 0 Å². The minimum atomic E-state index is -4.52. The smallest absolute Gasteiger partial charge is 0.343 e. The molecule has 2 N–H and O–H groups in total. The summed E-state index contributed by atoms with van der Waals surface area (Å²) in [5, 5.41) is 4.25. The van der Waals surface area contributed by atoms with E-state index in [0.29, 0.717) is 0 Å². The van der Waals surface area contributed by atoms with Crippen LogP contribution in [0.15, 0.2) is 24.3 Å². The summed E-state index contributed by atoms with van der Waals surface area (Å²) in [6, 6.07) is 5.74. The van der Waals surface area contributed by atoms with Crippen molar-refractivity contribution in [1.82, 2.24) is 5.32 Å². The molecule has 0 aromatic heterocycles. The van der Waals surface area contributed by atoms with E-state index in [4.69, 9.17) is 23.2 Å². The van der Waals surface area contributed by atoms with Crippen LogP contribution in [-0.4, -0.2) is 28.9 Å². The van der Waals surface area contributed by atoms with E-state index in [1.165, 1.54) is 18.2 Å². The molecule has 1 fully saturated rings. The van der Waals surface area contributed by atoms with Crippen LogP contribution in [-0.2, 0) is 4.79 Å². The molecule has 0 heterocycles. The first kappa shape index (κ1) is 17.9. The molecule has 1 saturated carbocycles. The van der Waals surface area contributed by atoms with Gasteiger partial charge in [0.1, 0.15) is 10.9 Å². The number of hydrogen-bond acceptors (Lipinski definition) is 2. The molecule has 1 unspecified atom stereocenters. The highest BCUT2D eigenvalue weighted by Crippen LogP contribution is 2.64. The third kappa shape index (κ3) is 3.90. The molecule has 9 heteroatoms. The molecule has 1 aromatic carbocycles. The van der Waals surface area contributed by atoms with Crippen LogP contribution in [0.3, 0.4) is 0 Å². The molecule has 1 aliphatic rings. The van der Waals surface area contributed by atoms with Gasteiger partial charge in [0, 0.05) is 0 Å². The summed E-state index contributed by atoms with van der Waals surface area (Å²) in [5.74, 6) is -1.44. The molecule has 2 amide bonds. The lowest BCUT2D eigenvalue weighted by Crippen LogP contribution is -2.34. The Morgan fingerprint density at radius 1 is 1.26 bits per heavy atom. The highest BCUT2D eigenvalue weighted by atomic mass is 35.5. The maximum atomic E-state index is 12.2. The molecule has 0 spiro atoms. The van der Waals surface area contributed by atoms with E-state index < -0.39 is 34.3 Å². The van der Waals surface area contributed by atoms with Crippen LogP contribution in [0.1, 0.15) is 23.7 Å². The van der Waals surface area contributed by atoms with E-state index in [9.17, 15) is 22.8 Å². The predicted molar refractivity (Wildman–Crippen MR) is 80.6 cm³/mol. The number of carbonyl (C=O) groups excluding carboxylic acids is 2. The van der Waals surface area contributed by atoms with Gasteiger partial charge < -0.3 is 10.6 Å². The van der Waals surface area contributed by atoms with Crippen molar-refractivity contribution >= 4 is 40.7 Å². The summed E-state index contributed by atoms with van der Waals surface area (Å²) in [4.78, 5) is 24.1. The minimum Gasteiger partial charge on any atom is -0.343 e. The number of nitrogens with one attached hydrogen (secondary N) is 2. The Balaban J connectivity index is 2.12. The van der Waals surface area contributed by atoms with Crippen molar-refractivity contribution in [2.24, 2.45) is 5.41 Å². The Labute approximate surface area is 140 Å². The normalized spacial score (nSPS) is 22.3. The van der Waals surface area contributed by atoms with E-state index in [1.54, 1.807) is 18.3 Å². The van der Waals surface area contributed by atoms with Gasteiger partial charge in [-0.1, -0.05) is 12.1 Å². The fourth-order valence-corrected chi connectivity index (χ4v) is 2.68. The highest BCUT2D eigenvalue weighted by molar-refractivity contribution is 6.53. The maximum Gasteiger partial charge on any atom is 0.405 e. The van der Waals surface area contributed by atoms with Crippen molar-refractivity contribution in [3.63, 3.8) is 0 Å². The third-order valence-corrected chi connectivity index (χ3v) is 4.73. The molecule has 0 aliphatic heterocycles. The molecule has 0 saturated heterocycles. The van der Waals surface area contributed by atoms with Gasteiger partial charge >= 0.3 is 6.18 Å². The zero-order valence-corrected chi connectivity index (χ0v) is 13.4. The lowest BCUT2D eigenvalue weighted by molar-refractivity contribution is -0.123. The lowest BCUT2D eigenvalue weighted by atomic mass is 10.1. The summed E-state index contributed by atoms with van der Waals surface area (Å²) in [5.41, 5.74) is -0.996. The van der Waals surface area contributed by atoms with E-state index in [1.807, 2.05) is 0 Å². The largest absolute Gasteiger partial charge is 0.405 e. The second-order valence-electron chi connectivity index (χ2n) is 5.51. The summed E-state index contributed by atoms with van der Waals surface area (Å²) in [6.07, 6.45) is -4.27. The molecule has 1 aliphatic carbocycles. The molecular formula is C14H13Cl2F3N2O2. The first-order valence-corrected chi connectivity index (χ1v) is 7.35. The van der Waals surface area contributed by atoms with Crippen LogP contribution >= 0.6 is 23.2 Å². The standard InChI is InChI=1S/C14H13Cl2F3N2O2/c1-12(6-13(12,15)16)11(23)21-9-5-3-2-4-8(9)10(22)20-7-14(17,18)19/h2-5H,6-7H2,1H3,(H,20,22)(H,21,23). The van der Waals surface area contributed by atoms with Crippen molar-refractivity contribution < 1.29 is 22.8 Å². The van der Waals surface area contributed by atoms with Crippen LogP contribution in [0.4, 0.5) is 18.9 Å². The van der Waals surface area contributed by atoms with Gasteiger partial charge in [-0.05, 0) is 25.5 Å². The fraction of sp³-hybridized carbons (Fsp3) is 0.429. The van der Waals surface area contributed by atoms with E-state index in [2.05, 4.69) is 5.32 Å². The SMILES string of the molecule is CC1(C(=O)Nc2ccccc2C(=O)NCC(F)(F)F)CC1(Cl)Cl. The summed E-state index contributed by atoms with van der Waals surface area (Å²) in [7, 11) is 0. The second-order valence-corrected chi connectivity index (χ2v) is 6.99. The van der Waals surface area contributed by atoms with Crippen LogP contribution in [0.25, 0.3) is 0 Å². The van der Waals surface area contributed by atoms with Crippen LogP contribution in [0.2, 0.25) is 0 Å². The van der Waals surface area contributed by atoms with Crippen LogP contribution in [0.5, 0.6) is 0 Å². The molecule has 0 bridgehead atoms. The highest BCUT2D eigenvalue weighted by Gasteiger charge is 2.67. The van der Waals surface area contributed by atoms with E-state index >= 15 is 0 Å². The molecule has 126 valence electrons. The van der Waals surface area contributed by atoms with Gasteiger partial charge in [-0.25, -0.2) is 0 Å². The molecule has 4 nitrogen and oxygen atoms in total. The molecule has 2 rings (SSSR count). The second kappa shape index (κ2) is 5.87. The number of hydrogen-bond donors (Lipinski definition) is 2. The predicted octanol–water partition coefficient (Wildman–Crippen LogP) is 3.50. The average molecular weight is 369 g/mol. The molecule has 1 atom stereocenters. The Hall–Kier alpha value is -1.47. The summed E-state index contributed by atoms with van der Waals surface area (Å²) >= 11 is 11.8. The first-order valence-electron chi connectivity index (χ1n) is 6.59. The van der Waals surface area contributed by atoms with Crippen LogP contribution < -0.4 is 10.6 Å². The number of anilines is 1. The van der Waals surface area contributed by atoms with Crippen molar-refractivity contribution in [3.8, 4) is 0 Å². The van der Waals surface area contributed by atoms with Gasteiger partial charge in [0.05, 0.1) is 16.7 Å². The maximum absolute atomic E-state index is 12.2. The Bertz CT molecular complexity index is 649. The van der Waals surface area contributed by atoms with Gasteiger partial charge in [0.2, 0.25) is 5.91 Å². The topological polar surface area (TPSA) is 58.2 Å². The first-order chi connectivity index (χ1) is 10.5. The van der Waals surface area contributed by atoms with Crippen LogP contribution in [0, 0.1) is 5.41 Å². The molecule has 0 radical (unpaired) electrons. The number of carbonyl (C=O) groups is 2. The summed E-state index contributed by atoms with van der Waals surface area (Å²) in [6.45, 7) is 0.104. The number of para-hydroxylation sites is 1. The van der Waals surface area contributed by atoms with Gasteiger partial charge in [-0.2, -0.15) is 13.2 Å². The van der Waals surface area contributed by atoms with Crippen molar-refractivity contribution in [1.29, 1.82) is 0 Å². The molecule has 23 heavy (non-hydrogen) atoms. The Morgan fingerprint density at radius 3 is 2.35 bits per heavy atom. The summed E-state index contributed by atoms with van der Waals surface area (Å²) < 4.78 is 35.3. The van der Waals surface area contributed by atoms with Crippen molar-refractivity contribution in [2.75, 3.05) is 11.9 Å². The number of alkyl halides is 5. The van der Waals surface area contributed by atoms with E-state index in [0.717, 1.165) is 0 Å². The van der Waals surface area contributed by atoms with Crippen molar-refractivity contribution in [2.45, 2.75) is 23.9 Å². The Kier molecular flexibility index (Phi) is 4.56. The third-order valence-electron chi connectivity index (χ3n) is 3.63. The zero-order valence-electron chi connectivity index (χ0n) is 11.9. The minimum absolute atomic E-state index is 0.0795. The average Bonchev–Trinajstić information content (AvgIpc) is 2.96. The lowest BCUT2D eigenvalue weighted by Gasteiger charge is -2.15. The molecule has 1 aromatic rings. The monoisotopic (exact) mass is 368 g/mol. The van der Waals surface area contributed by atoms with Gasteiger partial charge in [-0.15, -0.1) is 23.2 Å². The number of amides is 2. The molecular weight excluding hydrogens is 356 g/mol. The number of rotatable bonds is 4. The van der Waals surface area contributed by atoms with E-state index in [-0.39, 0.29) is 17.7 Å². The van der Waals surface area contributed by atoms with Crippen molar-refractivity contribution in [3.05, 3.63) is 29.8 Å². The number of halogens is 5.